The smallest absolute Gasteiger partial charge is 0.361 e. The fourth-order valence-electron chi connectivity index (χ4n) is 1.17. The fourth-order valence-corrected chi connectivity index (χ4v) is 1.17. The zero-order chi connectivity index (χ0) is 15.5. The zero-order valence-corrected chi connectivity index (χ0v) is 11.2. The predicted molar refractivity (Wildman–Crippen MR) is 58.8 cm³/mol. The Balaban J connectivity index is 4.35. The molecule has 0 saturated heterocycles. The molecule has 2 nitrogen and oxygen atoms in total. The summed E-state index contributed by atoms with van der Waals surface area (Å²) in [5.41, 5.74) is -0.262. The third kappa shape index (κ3) is 8.30. The Kier molecular flexibility index (Phi) is 6.13. The van der Waals surface area contributed by atoms with Crippen LogP contribution in [-0.2, 0) is 4.74 Å². The molecule has 0 bridgehead atoms. The molecule has 1 atom stereocenters. The Morgan fingerprint density at radius 3 is 1.68 bits per heavy atom. The van der Waals surface area contributed by atoms with Crippen molar-refractivity contribution in [1.82, 2.24) is 5.32 Å². The second-order valence-corrected chi connectivity index (χ2v) is 5.53. The van der Waals surface area contributed by atoms with Gasteiger partial charge in [-0.2, -0.15) is 26.3 Å². The molecule has 1 N–H and O–H groups in total. The van der Waals surface area contributed by atoms with Gasteiger partial charge < -0.3 is 10.1 Å². The minimum atomic E-state index is -5.45. The van der Waals surface area contributed by atoms with E-state index < -0.39 is 31.0 Å². The molecule has 0 aliphatic rings. The number of alkyl halides is 6. The lowest BCUT2D eigenvalue weighted by Crippen LogP contribution is -2.46. The molecule has 0 amide bonds. The Morgan fingerprint density at radius 1 is 0.947 bits per heavy atom. The molecular weight excluding hydrogens is 276 g/mol. The number of hydrogen-bond donors (Lipinski definition) is 1. The molecule has 0 rings (SSSR count). The van der Waals surface area contributed by atoms with E-state index in [-0.39, 0.29) is 12.1 Å². The van der Waals surface area contributed by atoms with Gasteiger partial charge in [0.15, 0.2) is 0 Å². The molecule has 0 fully saturated rings. The highest BCUT2D eigenvalue weighted by Crippen LogP contribution is 2.35. The first-order chi connectivity index (χ1) is 8.23. The lowest BCUT2D eigenvalue weighted by Gasteiger charge is -2.26. The summed E-state index contributed by atoms with van der Waals surface area (Å²) >= 11 is 0. The van der Waals surface area contributed by atoms with Crippen LogP contribution in [0.25, 0.3) is 0 Å². The number of rotatable bonds is 5. The molecule has 0 radical (unpaired) electrons. The Bertz CT molecular complexity index is 254. The molecule has 8 heteroatoms. The van der Waals surface area contributed by atoms with E-state index >= 15 is 0 Å². The van der Waals surface area contributed by atoms with Crippen LogP contribution in [0.1, 0.15) is 27.7 Å². The maximum atomic E-state index is 12.2. The molecule has 116 valence electrons. The van der Waals surface area contributed by atoms with Gasteiger partial charge in [0, 0.05) is 12.1 Å². The van der Waals surface area contributed by atoms with Crippen molar-refractivity contribution in [3.8, 4) is 0 Å². The molecule has 1 unspecified atom stereocenters. The van der Waals surface area contributed by atoms with Crippen molar-refractivity contribution in [1.29, 1.82) is 0 Å². The van der Waals surface area contributed by atoms with E-state index in [2.05, 4.69) is 10.1 Å². The molecule has 0 aromatic heterocycles. The zero-order valence-electron chi connectivity index (χ0n) is 11.2. The fraction of sp³-hybridized carbons (Fsp3) is 1.00. The monoisotopic (exact) mass is 295 g/mol. The van der Waals surface area contributed by atoms with Crippen LogP contribution in [-0.4, -0.2) is 37.1 Å². The highest BCUT2D eigenvalue weighted by Gasteiger charge is 2.57. The van der Waals surface area contributed by atoms with Crippen molar-refractivity contribution in [2.24, 2.45) is 5.92 Å². The van der Waals surface area contributed by atoms with Crippen LogP contribution in [0.15, 0.2) is 0 Å². The van der Waals surface area contributed by atoms with E-state index in [0.717, 1.165) is 0 Å². The summed E-state index contributed by atoms with van der Waals surface area (Å²) in [6.07, 6.45) is -14.6. The maximum absolute atomic E-state index is 12.2. The van der Waals surface area contributed by atoms with Gasteiger partial charge in [0.2, 0.25) is 6.10 Å². The van der Waals surface area contributed by atoms with Crippen molar-refractivity contribution >= 4 is 0 Å². The molecule has 0 aromatic rings. The van der Waals surface area contributed by atoms with E-state index in [9.17, 15) is 26.3 Å². The lowest BCUT2D eigenvalue weighted by molar-refractivity contribution is -0.323. The average Bonchev–Trinajstić information content (AvgIpc) is 2.09. The van der Waals surface area contributed by atoms with Crippen LogP contribution in [0.2, 0.25) is 0 Å². The Morgan fingerprint density at radius 2 is 1.37 bits per heavy atom. The van der Waals surface area contributed by atoms with Gasteiger partial charge in [-0.15, -0.1) is 0 Å². The number of halogens is 6. The second-order valence-electron chi connectivity index (χ2n) is 5.53. The molecule has 19 heavy (non-hydrogen) atoms. The van der Waals surface area contributed by atoms with Gasteiger partial charge in [-0.1, -0.05) is 6.92 Å². The van der Waals surface area contributed by atoms with Crippen molar-refractivity contribution in [3.05, 3.63) is 0 Å². The molecule has 0 aliphatic carbocycles. The first-order valence-electron chi connectivity index (χ1n) is 5.73. The van der Waals surface area contributed by atoms with Crippen LogP contribution < -0.4 is 5.32 Å². The molecular formula is C11H19F6NO. The first-order valence-corrected chi connectivity index (χ1v) is 5.73. The predicted octanol–water partition coefficient (Wildman–Crippen LogP) is 3.52. The van der Waals surface area contributed by atoms with Crippen molar-refractivity contribution in [2.75, 3.05) is 13.2 Å². The highest BCUT2D eigenvalue weighted by atomic mass is 19.4. The van der Waals surface area contributed by atoms with Crippen molar-refractivity contribution in [2.45, 2.75) is 51.7 Å². The van der Waals surface area contributed by atoms with Crippen LogP contribution in [0.3, 0.4) is 0 Å². The van der Waals surface area contributed by atoms with Gasteiger partial charge >= 0.3 is 12.4 Å². The standard InChI is InChI=1S/C11H19F6NO/c1-7(5-18-9(2,3)4)6-19-8(10(12,13)14)11(15,16)17/h7-8,18H,5-6H2,1-4H3. The topological polar surface area (TPSA) is 21.3 Å². The van der Waals surface area contributed by atoms with Gasteiger partial charge in [0.05, 0.1) is 6.61 Å². The lowest BCUT2D eigenvalue weighted by atomic mass is 10.1. The summed E-state index contributed by atoms with van der Waals surface area (Å²) < 4.78 is 77.1. The van der Waals surface area contributed by atoms with E-state index in [1.54, 1.807) is 0 Å². The third-order valence-corrected chi connectivity index (χ3v) is 2.12. The molecule has 0 saturated carbocycles. The first kappa shape index (κ1) is 18.5. The third-order valence-electron chi connectivity index (χ3n) is 2.12. The molecule has 0 aliphatic heterocycles. The van der Waals surface area contributed by atoms with E-state index in [4.69, 9.17) is 0 Å². The summed E-state index contributed by atoms with van der Waals surface area (Å²) in [6.45, 7) is 6.69. The van der Waals surface area contributed by atoms with Crippen LogP contribution in [0, 0.1) is 5.92 Å². The van der Waals surface area contributed by atoms with Gasteiger partial charge in [-0.25, -0.2) is 0 Å². The average molecular weight is 295 g/mol. The normalized spacial score (nSPS) is 15.9. The van der Waals surface area contributed by atoms with Gasteiger partial charge in [0.25, 0.3) is 0 Å². The van der Waals surface area contributed by atoms with Gasteiger partial charge in [-0.05, 0) is 26.7 Å². The minimum absolute atomic E-state index is 0.262. The molecule has 0 aromatic carbocycles. The summed E-state index contributed by atoms with van der Waals surface area (Å²) in [6, 6.07) is 0. The Labute approximate surface area is 108 Å². The number of hydrogen-bond acceptors (Lipinski definition) is 2. The van der Waals surface area contributed by atoms with Crippen LogP contribution in [0.4, 0.5) is 26.3 Å². The van der Waals surface area contributed by atoms with E-state index in [1.807, 2.05) is 20.8 Å². The quantitative estimate of drug-likeness (QED) is 0.784. The summed E-state index contributed by atoms with van der Waals surface area (Å²) in [5.74, 6) is -0.466. The highest BCUT2D eigenvalue weighted by molar-refractivity contribution is 4.77. The number of nitrogens with one attached hydrogen (secondary N) is 1. The molecule has 0 spiro atoms. The van der Waals surface area contributed by atoms with Crippen LogP contribution >= 0.6 is 0 Å². The second kappa shape index (κ2) is 6.30. The summed E-state index contributed by atoms with van der Waals surface area (Å²) in [7, 11) is 0. The minimum Gasteiger partial charge on any atom is -0.361 e. The van der Waals surface area contributed by atoms with Gasteiger partial charge in [0.1, 0.15) is 0 Å². The maximum Gasteiger partial charge on any atom is 0.423 e. The van der Waals surface area contributed by atoms with Gasteiger partial charge in [-0.3, -0.25) is 0 Å². The summed E-state index contributed by atoms with van der Waals surface area (Å²) in [5, 5.41) is 2.98. The van der Waals surface area contributed by atoms with E-state index in [1.165, 1.54) is 6.92 Å². The van der Waals surface area contributed by atoms with Crippen molar-refractivity contribution < 1.29 is 31.1 Å². The summed E-state index contributed by atoms with van der Waals surface area (Å²) in [4.78, 5) is 0. The molecule has 0 heterocycles. The van der Waals surface area contributed by atoms with E-state index in [0.29, 0.717) is 0 Å². The SMILES string of the molecule is CC(CNC(C)(C)C)COC(C(F)(F)F)C(F)(F)F. The number of ether oxygens (including phenoxy) is 1. The van der Waals surface area contributed by atoms with Crippen LogP contribution in [0.5, 0.6) is 0 Å². The van der Waals surface area contributed by atoms with Crippen molar-refractivity contribution in [3.63, 3.8) is 0 Å². The Hall–Kier alpha value is -0.500. The largest absolute Gasteiger partial charge is 0.423 e.